The molecule has 1 N–H and O–H groups in total. The van der Waals surface area contributed by atoms with Gasteiger partial charge in [-0.25, -0.2) is 0 Å². The van der Waals surface area contributed by atoms with Gasteiger partial charge in [-0.3, -0.25) is 4.90 Å². The second-order valence-corrected chi connectivity index (χ2v) is 8.50. The maximum atomic E-state index is 3.94. The summed E-state index contributed by atoms with van der Waals surface area (Å²) in [5.41, 5.74) is 0.842. The molecule has 0 aromatic rings. The molecule has 1 atom stereocenters. The van der Waals surface area contributed by atoms with Crippen molar-refractivity contribution < 1.29 is 0 Å². The molecule has 1 unspecified atom stereocenters. The van der Waals surface area contributed by atoms with E-state index in [-0.39, 0.29) is 0 Å². The summed E-state index contributed by atoms with van der Waals surface area (Å²) >= 11 is 0. The van der Waals surface area contributed by atoms with Crippen molar-refractivity contribution in [2.75, 3.05) is 19.6 Å². The smallest absolute Gasteiger partial charge is 0.0309 e. The average molecular weight is 266 g/mol. The fourth-order valence-corrected chi connectivity index (χ4v) is 4.02. The van der Waals surface area contributed by atoms with Crippen LogP contribution in [-0.4, -0.2) is 36.1 Å². The number of piperazine rings is 1. The lowest BCUT2D eigenvalue weighted by Crippen LogP contribution is -2.66. The molecule has 19 heavy (non-hydrogen) atoms. The highest BCUT2D eigenvalue weighted by molar-refractivity contribution is 5.00. The number of hydrogen-bond acceptors (Lipinski definition) is 2. The summed E-state index contributed by atoms with van der Waals surface area (Å²) in [6.45, 7) is 15.6. The average Bonchev–Trinajstić information content (AvgIpc) is 2.27. The van der Waals surface area contributed by atoms with E-state index < -0.39 is 0 Å². The van der Waals surface area contributed by atoms with Crippen molar-refractivity contribution in [3.8, 4) is 0 Å². The first kappa shape index (κ1) is 15.3. The van der Waals surface area contributed by atoms with Crippen LogP contribution in [0.1, 0.15) is 66.7 Å². The van der Waals surface area contributed by atoms with Crippen LogP contribution in [0.25, 0.3) is 0 Å². The van der Waals surface area contributed by atoms with Crippen LogP contribution in [-0.2, 0) is 0 Å². The Morgan fingerprint density at radius 3 is 2.32 bits per heavy atom. The standard InChI is InChI=1S/C17H34N2/c1-14(2)15-11-18-17(9-7-6-8-10-17)13-19(15)12-16(3,4)5/h14-15,18H,6-13H2,1-5H3. The summed E-state index contributed by atoms with van der Waals surface area (Å²) in [7, 11) is 0. The van der Waals surface area contributed by atoms with Crippen LogP contribution in [0, 0.1) is 11.3 Å². The number of hydrogen-bond donors (Lipinski definition) is 1. The molecule has 0 aromatic carbocycles. The zero-order valence-electron chi connectivity index (χ0n) is 13.8. The van der Waals surface area contributed by atoms with Crippen LogP contribution >= 0.6 is 0 Å². The van der Waals surface area contributed by atoms with Gasteiger partial charge < -0.3 is 5.32 Å². The van der Waals surface area contributed by atoms with Gasteiger partial charge in [-0.1, -0.05) is 53.9 Å². The van der Waals surface area contributed by atoms with Crippen molar-refractivity contribution in [2.45, 2.75) is 78.3 Å². The molecule has 2 fully saturated rings. The molecule has 1 saturated carbocycles. The zero-order valence-corrected chi connectivity index (χ0v) is 13.8. The molecule has 1 aliphatic heterocycles. The van der Waals surface area contributed by atoms with Crippen LogP contribution in [0.15, 0.2) is 0 Å². The molecule has 1 heterocycles. The topological polar surface area (TPSA) is 15.3 Å². The predicted octanol–water partition coefficient (Wildman–Crippen LogP) is 3.67. The van der Waals surface area contributed by atoms with Crippen LogP contribution in [0.2, 0.25) is 0 Å². The third-order valence-corrected chi connectivity index (χ3v) is 4.92. The molecule has 112 valence electrons. The van der Waals surface area contributed by atoms with E-state index in [9.17, 15) is 0 Å². The fourth-order valence-electron chi connectivity index (χ4n) is 4.02. The van der Waals surface area contributed by atoms with Gasteiger partial charge in [0.25, 0.3) is 0 Å². The first-order chi connectivity index (χ1) is 8.81. The van der Waals surface area contributed by atoms with E-state index in [1.54, 1.807) is 0 Å². The molecule has 2 rings (SSSR count). The van der Waals surface area contributed by atoms with E-state index in [1.165, 1.54) is 51.7 Å². The van der Waals surface area contributed by atoms with E-state index in [1.807, 2.05) is 0 Å². The summed E-state index contributed by atoms with van der Waals surface area (Å²) in [6.07, 6.45) is 7.05. The Balaban J connectivity index is 2.08. The van der Waals surface area contributed by atoms with E-state index in [0.717, 1.165) is 5.92 Å². The molecule has 2 nitrogen and oxygen atoms in total. The van der Waals surface area contributed by atoms with E-state index in [4.69, 9.17) is 0 Å². The molecule has 0 radical (unpaired) electrons. The maximum Gasteiger partial charge on any atom is 0.0309 e. The zero-order chi connectivity index (χ0) is 14.1. The third-order valence-electron chi connectivity index (χ3n) is 4.92. The quantitative estimate of drug-likeness (QED) is 0.820. The first-order valence-electron chi connectivity index (χ1n) is 8.30. The number of nitrogens with one attached hydrogen (secondary N) is 1. The van der Waals surface area contributed by atoms with Gasteiger partial charge in [0.15, 0.2) is 0 Å². The van der Waals surface area contributed by atoms with Crippen LogP contribution in [0.3, 0.4) is 0 Å². The number of rotatable bonds is 2. The van der Waals surface area contributed by atoms with Gasteiger partial charge >= 0.3 is 0 Å². The normalized spacial score (nSPS) is 29.1. The van der Waals surface area contributed by atoms with Gasteiger partial charge in [0.1, 0.15) is 0 Å². The Labute approximate surface area is 120 Å². The van der Waals surface area contributed by atoms with Crippen LogP contribution in [0.5, 0.6) is 0 Å². The second kappa shape index (κ2) is 5.73. The van der Waals surface area contributed by atoms with Gasteiger partial charge in [-0.2, -0.15) is 0 Å². The maximum absolute atomic E-state index is 3.94. The predicted molar refractivity (Wildman–Crippen MR) is 83.5 cm³/mol. The molecule has 0 aromatic heterocycles. The van der Waals surface area contributed by atoms with Crippen molar-refractivity contribution in [1.29, 1.82) is 0 Å². The Morgan fingerprint density at radius 1 is 1.16 bits per heavy atom. The Hall–Kier alpha value is -0.0800. The second-order valence-electron chi connectivity index (χ2n) is 8.50. The molecule has 2 aliphatic rings. The summed E-state index contributed by atoms with van der Waals surface area (Å²) in [5, 5.41) is 3.94. The minimum Gasteiger partial charge on any atom is -0.308 e. The number of nitrogens with zero attached hydrogens (tertiary/aromatic N) is 1. The largest absolute Gasteiger partial charge is 0.308 e. The lowest BCUT2D eigenvalue weighted by Gasteiger charge is -2.52. The van der Waals surface area contributed by atoms with Gasteiger partial charge in [-0.05, 0) is 24.2 Å². The monoisotopic (exact) mass is 266 g/mol. The fraction of sp³-hybridized carbons (Fsp3) is 1.00. The SMILES string of the molecule is CC(C)C1CNC2(CCCCC2)CN1CC(C)(C)C. The molecule has 0 amide bonds. The summed E-state index contributed by atoms with van der Waals surface area (Å²) in [6, 6.07) is 0.715. The van der Waals surface area contributed by atoms with Gasteiger partial charge in [0.05, 0.1) is 0 Å². The highest BCUT2D eigenvalue weighted by Crippen LogP contribution is 2.34. The molecule has 1 spiro atoms. The Morgan fingerprint density at radius 2 is 1.79 bits per heavy atom. The van der Waals surface area contributed by atoms with Crippen molar-refractivity contribution >= 4 is 0 Å². The van der Waals surface area contributed by atoms with Gasteiger partial charge in [0, 0.05) is 31.2 Å². The molecular weight excluding hydrogens is 232 g/mol. The third kappa shape index (κ3) is 3.95. The first-order valence-corrected chi connectivity index (χ1v) is 8.30. The van der Waals surface area contributed by atoms with E-state index in [2.05, 4.69) is 44.8 Å². The van der Waals surface area contributed by atoms with Gasteiger partial charge in [-0.15, -0.1) is 0 Å². The van der Waals surface area contributed by atoms with Crippen LogP contribution in [0.4, 0.5) is 0 Å². The summed E-state index contributed by atoms with van der Waals surface area (Å²) in [4.78, 5) is 2.80. The minimum absolute atomic E-state index is 0.403. The van der Waals surface area contributed by atoms with Crippen molar-refractivity contribution in [3.63, 3.8) is 0 Å². The Bertz CT molecular complexity index is 284. The van der Waals surface area contributed by atoms with Crippen molar-refractivity contribution in [1.82, 2.24) is 10.2 Å². The molecular formula is C17H34N2. The molecule has 0 bridgehead atoms. The lowest BCUT2D eigenvalue weighted by molar-refractivity contribution is 0.0160. The summed E-state index contributed by atoms with van der Waals surface area (Å²) in [5.74, 6) is 0.746. The molecule has 1 aliphatic carbocycles. The highest BCUT2D eigenvalue weighted by Gasteiger charge is 2.41. The van der Waals surface area contributed by atoms with E-state index >= 15 is 0 Å². The van der Waals surface area contributed by atoms with E-state index in [0.29, 0.717) is 17.0 Å². The lowest BCUT2D eigenvalue weighted by atomic mass is 9.78. The van der Waals surface area contributed by atoms with Gasteiger partial charge in [0.2, 0.25) is 0 Å². The van der Waals surface area contributed by atoms with Crippen molar-refractivity contribution in [3.05, 3.63) is 0 Å². The van der Waals surface area contributed by atoms with Crippen molar-refractivity contribution in [2.24, 2.45) is 11.3 Å². The highest BCUT2D eigenvalue weighted by atomic mass is 15.3. The van der Waals surface area contributed by atoms with Crippen LogP contribution < -0.4 is 5.32 Å². The molecule has 2 heteroatoms. The summed E-state index contributed by atoms with van der Waals surface area (Å²) < 4.78 is 0. The Kier molecular flexibility index (Phi) is 4.62. The minimum atomic E-state index is 0.403. The molecule has 1 saturated heterocycles.